The molecular weight excluding hydrogens is 835 g/mol. The summed E-state index contributed by atoms with van der Waals surface area (Å²) in [5.41, 5.74) is 6.17. The highest BCUT2D eigenvalue weighted by atomic mass is 16.5. The van der Waals surface area contributed by atoms with Gasteiger partial charge in [-0.05, 0) is 146 Å². The molecule has 346 valence electrons. The second kappa shape index (κ2) is 28.1. The summed E-state index contributed by atoms with van der Waals surface area (Å²) in [5.74, 6) is 0.599. The van der Waals surface area contributed by atoms with Crippen LogP contribution in [0.15, 0.2) is 171 Å². The Labute approximate surface area is 396 Å². The first-order chi connectivity index (χ1) is 32.9. The van der Waals surface area contributed by atoms with E-state index in [9.17, 15) is 9.59 Å². The summed E-state index contributed by atoms with van der Waals surface area (Å²) < 4.78 is 17.1. The van der Waals surface area contributed by atoms with Gasteiger partial charge in [0.25, 0.3) is 0 Å². The van der Waals surface area contributed by atoms with Crippen molar-refractivity contribution in [2.75, 3.05) is 6.61 Å². The normalized spacial score (nSPS) is 11.4. The second-order valence-corrected chi connectivity index (χ2v) is 16.6. The second-order valence-electron chi connectivity index (χ2n) is 16.6. The number of hydrogen-bond acceptors (Lipinski definition) is 10. The fourth-order valence-corrected chi connectivity index (χ4v) is 7.17. The van der Waals surface area contributed by atoms with Crippen LogP contribution >= 0.6 is 0 Å². The summed E-state index contributed by atoms with van der Waals surface area (Å²) >= 11 is 0. The highest BCUT2D eigenvalue weighted by Crippen LogP contribution is 2.26. The number of benzene rings is 6. The molecule has 0 saturated heterocycles. The Morgan fingerprint density at radius 1 is 0.433 bits per heavy atom. The van der Waals surface area contributed by atoms with Gasteiger partial charge in [0.15, 0.2) is 0 Å². The van der Waals surface area contributed by atoms with Gasteiger partial charge in [0, 0.05) is 6.21 Å². The molecule has 6 rings (SSSR count). The number of rotatable bonds is 27. The summed E-state index contributed by atoms with van der Waals surface area (Å²) in [5, 5.41) is 17.4. The predicted molar refractivity (Wildman–Crippen MR) is 269 cm³/mol. The van der Waals surface area contributed by atoms with Crippen molar-refractivity contribution in [2.24, 2.45) is 25.4 Å². The van der Waals surface area contributed by atoms with Gasteiger partial charge in [0.1, 0.15) is 17.2 Å². The Balaban J connectivity index is 0.902. The molecule has 0 heterocycles. The third kappa shape index (κ3) is 18.0. The molecule has 0 aromatic heterocycles. The van der Waals surface area contributed by atoms with Crippen LogP contribution in [0.25, 0.3) is 0 Å². The van der Waals surface area contributed by atoms with Crippen LogP contribution in [0, 0.1) is 0 Å². The van der Waals surface area contributed by atoms with Crippen molar-refractivity contribution in [3.63, 3.8) is 0 Å². The summed E-state index contributed by atoms with van der Waals surface area (Å²) in [4.78, 5) is 30.5. The summed E-state index contributed by atoms with van der Waals surface area (Å²) in [6, 6.07) is 43.3. The minimum absolute atomic E-state index is 0.348. The van der Waals surface area contributed by atoms with Crippen molar-refractivity contribution < 1.29 is 23.8 Å². The van der Waals surface area contributed by atoms with Gasteiger partial charge in [0.05, 0.1) is 46.2 Å². The zero-order valence-corrected chi connectivity index (χ0v) is 39.0. The van der Waals surface area contributed by atoms with Gasteiger partial charge in [-0.2, -0.15) is 20.5 Å². The lowest BCUT2D eigenvalue weighted by atomic mass is 10.0. The average Bonchev–Trinajstić information content (AvgIpc) is 3.36. The minimum Gasteiger partial charge on any atom is -0.494 e. The number of nitrogens with zero attached hydrogens (tertiary/aromatic N) is 5. The molecule has 0 unspecified atom stereocenters. The Kier molecular flexibility index (Phi) is 20.7. The van der Waals surface area contributed by atoms with Gasteiger partial charge in [0.2, 0.25) is 0 Å². The predicted octanol–water partition coefficient (Wildman–Crippen LogP) is 17.1. The summed E-state index contributed by atoms with van der Waals surface area (Å²) in [7, 11) is 0. The molecule has 10 heteroatoms. The number of unbranched alkanes of at least 4 members (excludes halogenated alkanes) is 12. The molecule has 10 nitrogen and oxygen atoms in total. The molecule has 0 amide bonds. The molecule has 6 aromatic rings. The maximum atomic E-state index is 13.0. The van der Waals surface area contributed by atoms with E-state index in [1.54, 1.807) is 103 Å². The SMILES string of the molecule is CCCCCCCCCCc1ccc(N=Nc2ccc(OC(=O)c3ccc(C=Nc4cccc(C(=O)Oc5ccc(N=Nc6ccc(OCCCCCCCC)cc6)cc5)c4)cc3)cc2)cc1. The van der Waals surface area contributed by atoms with E-state index >= 15 is 0 Å². The molecule has 0 atom stereocenters. The lowest BCUT2D eigenvalue weighted by Crippen LogP contribution is -2.08. The largest absolute Gasteiger partial charge is 0.494 e. The molecule has 0 fully saturated rings. The highest BCUT2D eigenvalue weighted by molar-refractivity contribution is 5.93. The minimum atomic E-state index is -0.517. The quantitative estimate of drug-likeness (QED) is 0.0167. The third-order valence-electron chi connectivity index (χ3n) is 11.1. The summed E-state index contributed by atoms with van der Waals surface area (Å²) in [6.45, 7) is 5.20. The first-order valence-corrected chi connectivity index (χ1v) is 24.0. The highest BCUT2D eigenvalue weighted by Gasteiger charge is 2.11. The van der Waals surface area contributed by atoms with Crippen molar-refractivity contribution in [3.05, 3.63) is 168 Å². The zero-order valence-electron chi connectivity index (χ0n) is 39.0. The van der Waals surface area contributed by atoms with E-state index in [1.165, 1.54) is 89.0 Å². The number of azo groups is 2. The molecule has 0 aliphatic carbocycles. The number of ether oxygens (including phenoxy) is 3. The van der Waals surface area contributed by atoms with Gasteiger partial charge < -0.3 is 14.2 Å². The van der Waals surface area contributed by atoms with Crippen LogP contribution in [0.2, 0.25) is 0 Å². The molecule has 0 bridgehead atoms. The fourth-order valence-electron chi connectivity index (χ4n) is 7.17. The molecular formula is C57H63N5O5. The van der Waals surface area contributed by atoms with E-state index in [4.69, 9.17) is 14.2 Å². The van der Waals surface area contributed by atoms with Gasteiger partial charge in [-0.1, -0.05) is 121 Å². The molecule has 0 saturated carbocycles. The van der Waals surface area contributed by atoms with E-state index in [0.29, 0.717) is 52.0 Å². The Bertz CT molecular complexity index is 2480. The topological polar surface area (TPSA) is 124 Å². The van der Waals surface area contributed by atoms with Crippen molar-refractivity contribution in [1.82, 2.24) is 0 Å². The van der Waals surface area contributed by atoms with Crippen LogP contribution in [0.1, 0.15) is 136 Å². The van der Waals surface area contributed by atoms with Gasteiger partial charge in [-0.25, -0.2) is 9.59 Å². The average molecular weight is 898 g/mol. The van der Waals surface area contributed by atoms with E-state index in [0.717, 1.165) is 29.8 Å². The smallest absolute Gasteiger partial charge is 0.343 e. The molecule has 0 N–H and O–H groups in total. The third-order valence-corrected chi connectivity index (χ3v) is 11.1. The fraction of sp³-hybridized carbons (Fsp3) is 0.316. The van der Waals surface area contributed by atoms with Gasteiger partial charge in [-0.15, -0.1) is 0 Å². The van der Waals surface area contributed by atoms with E-state index in [-0.39, 0.29) is 0 Å². The molecule has 0 aliphatic heterocycles. The molecule has 6 aromatic carbocycles. The zero-order chi connectivity index (χ0) is 46.7. The van der Waals surface area contributed by atoms with Crippen molar-refractivity contribution >= 4 is 46.6 Å². The molecule has 0 spiro atoms. The van der Waals surface area contributed by atoms with Crippen LogP contribution in [0.4, 0.5) is 28.4 Å². The number of aryl methyl sites for hydroxylation is 1. The van der Waals surface area contributed by atoms with Gasteiger partial charge >= 0.3 is 11.9 Å². The number of carbonyl (C=O) groups is 2. The standard InChI is InChI=1S/C57H63N5O5/c1-3-5-7-9-11-12-13-15-18-44-23-27-48(28-24-44)59-61-50-31-37-54(38-32-50)66-56(63)46-25-21-45(22-26-46)43-58-52-20-17-19-47(42-52)57(64)67-55-39-33-51(34-40-55)62-60-49-29-35-53(36-30-49)65-41-16-14-10-8-6-4-2/h17,19-40,42-43H,3-16,18,41H2,1-2H3. The maximum absolute atomic E-state index is 13.0. The van der Waals surface area contributed by atoms with Crippen LogP contribution in [-0.2, 0) is 6.42 Å². The first kappa shape index (κ1) is 49.4. The van der Waals surface area contributed by atoms with E-state index < -0.39 is 11.9 Å². The first-order valence-electron chi connectivity index (χ1n) is 24.0. The Morgan fingerprint density at radius 2 is 0.881 bits per heavy atom. The molecule has 67 heavy (non-hydrogen) atoms. The van der Waals surface area contributed by atoms with Crippen molar-refractivity contribution in [3.8, 4) is 17.2 Å². The summed E-state index contributed by atoms with van der Waals surface area (Å²) in [6.07, 6.45) is 20.6. The maximum Gasteiger partial charge on any atom is 0.343 e. The lowest BCUT2D eigenvalue weighted by Gasteiger charge is -2.06. The Hall–Kier alpha value is -7.07. The lowest BCUT2D eigenvalue weighted by molar-refractivity contribution is 0.0725. The molecule has 0 radical (unpaired) electrons. The monoisotopic (exact) mass is 897 g/mol. The van der Waals surface area contributed by atoms with Crippen molar-refractivity contribution in [1.29, 1.82) is 0 Å². The van der Waals surface area contributed by atoms with Crippen LogP contribution < -0.4 is 14.2 Å². The van der Waals surface area contributed by atoms with E-state index in [2.05, 4.69) is 51.4 Å². The Morgan fingerprint density at radius 3 is 1.40 bits per heavy atom. The number of hydrogen-bond donors (Lipinski definition) is 0. The van der Waals surface area contributed by atoms with Crippen LogP contribution in [0.3, 0.4) is 0 Å². The van der Waals surface area contributed by atoms with Crippen molar-refractivity contribution in [2.45, 2.75) is 110 Å². The van der Waals surface area contributed by atoms with Crippen LogP contribution in [0.5, 0.6) is 17.2 Å². The van der Waals surface area contributed by atoms with Crippen LogP contribution in [-0.4, -0.2) is 24.8 Å². The van der Waals surface area contributed by atoms with Gasteiger partial charge in [-0.3, -0.25) is 4.99 Å². The van der Waals surface area contributed by atoms with E-state index in [1.807, 2.05) is 36.4 Å². The number of esters is 2. The number of carbonyl (C=O) groups excluding carboxylic acids is 2. The number of aliphatic imine (C=N–C) groups is 1. The molecule has 0 aliphatic rings.